The second-order valence-corrected chi connectivity index (χ2v) is 5.93. The number of benzene rings is 1. The molecule has 7 heteroatoms. The lowest BCUT2D eigenvalue weighted by Gasteiger charge is -2.02. The number of nitrogens with zero attached hydrogens (tertiary/aromatic N) is 4. The number of aromatic nitrogens is 3. The van der Waals surface area contributed by atoms with Crippen molar-refractivity contribution in [2.75, 3.05) is 0 Å². The van der Waals surface area contributed by atoms with E-state index in [1.165, 1.54) is 6.21 Å². The molecule has 0 saturated carbocycles. The number of hydrogen-bond donors (Lipinski definition) is 1. The molecule has 3 aromatic rings. The van der Waals surface area contributed by atoms with Gasteiger partial charge in [-0.25, -0.2) is 5.43 Å². The average Bonchev–Trinajstić information content (AvgIpc) is 3.06. The van der Waals surface area contributed by atoms with E-state index >= 15 is 0 Å². The molecule has 1 N–H and O–H groups in total. The summed E-state index contributed by atoms with van der Waals surface area (Å²) in [7, 11) is 0. The fourth-order valence-corrected chi connectivity index (χ4v) is 2.29. The predicted octanol–water partition coefficient (Wildman–Crippen LogP) is 2.85. The monoisotopic (exact) mass is 383 g/mol. The van der Waals surface area contributed by atoms with Gasteiger partial charge in [-0.2, -0.15) is 10.2 Å². The van der Waals surface area contributed by atoms with Gasteiger partial charge in [0.05, 0.1) is 12.8 Å². The Balaban J connectivity index is 1.59. The number of hydrogen-bond acceptors (Lipinski definition) is 4. The van der Waals surface area contributed by atoms with Crippen LogP contribution in [0.2, 0.25) is 0 Å². The molecule has 0 aliphatic heterocycles. The molecular formula is C17H14BrN5O. The highest BCUT2D eigenvalue weighted by atomic mass is 79.9. The minimum atomic E-state index is -0.357. The first-order valence-corrected chi connectivity index (χ1v) is 8.01. The fourth-order valence-electron chi connectivity index (χ4n) is 2.02. The number of amides is 1. The van der Waals surface area contributed by atoms with E-state index in [1.54, 1.807) is 35.4 Å². The van der Waals surface area contributed by atoms with E-state index in [1.807, 2.05) is 30.3 Å². The van der Waals surface area contributed by atoms with E-state index in [0.29, 0.717) is 12.2 Å². The average molecular weight is 384 g/mol. The van der Waals surface area contributed by atoms with Gasteiger partial charge in [-0.05, 0) is 29.8 Å². The van der Waals surface area contributed by atoms with Crippen molar-refractivity contribution in [2.45, 2.75) is 6.54 Å². The van der Waals surface area contributed by atoms with Gasteiger partial charge in [0.2, 0.25) is 0 Å². The Morgan fingerprint density at radius 1 is 1.25 bits per heavy atom. The number of rotatable bonds is 5. The van der Waals surface area contributed by atoms with Crippen LogP contribution in [0, 0.1) is 0 Å². The minimum absolute atomic E-state index is 0.315. The van der Waals surface area contributed by atoms with Crippen LogP contribution < -0.4 is 5.43 Å². The Labute approximate surface area is 147 Å². The molecule has 0 aliphatic carbocycles. The van der Waals surface area contributed by atoms with Crippen LogP contribution in [0.3, 0.4) is 0 Å². The van der Waals surface area contributed by atoms with Crippen molar-refractivity contribution in [3.05, 3.63) is 82.3 Å². The summed E-state index contributed by atoms with van der Waals surface area (Å²) in [6.45, 7) is 0.597. The summed E-state index contributed by atoms with van der Waals surface area (Å²) in [6.07, 6.45) is 6.63. The second kappa shape index (κ2) is 7.65. The zero-order valence-electron chi connectivity index (χ0n) is 12.6. The van der Waals surface area contributed by atoms with Crippen molar-refractivity contribution < 1.29 is 4.79 Å². The van der Waals surface area contributed by atoms with E-state index in [9.17, 15) is 4.79 Å². The second-order valence-electron chi connectivity index (χ2n) is 5.01. The number of carbonyl (C=O) groups excluding carboxylic acids is 1. The van der Waals surface area contributed by atoms with E-state index in [0.717, 1.165) is 15.6 Å². The lowest BCUT2D eigenvalue weighted by Crippen LogP contribution is -2.18. The lowest BCUT2D eigenvalue weighted by atomic mass is 10.2. The van der Waals surface area contributed by atoms with E-state index in [2.05, 4.69) is 36.5 Å². The largest absolute Gasteiger partial charge is 0.291 e. The molecular weight excluding hydrogens is 370 g/mol. The summed E-state index contributed by atoms with van der Waals surface area (Å²) in [4.78, 5) is 16.0. The molecule has 6 nitrogen and oxygen atoms in total. The van der Waals surface area contributed by atoms with Gasteiger partial charge >= 0.3 is 0 Å². The van der Waals surface area contributed by atoms with Crippen LogP contribution in [0.5, 0.6) is 0 Å². The summed E-state index contributed by atoms with van der Waals surface area (Å²) in [5, 5.41) is 8.16. The predicted molar refractivity (Wildman–Crippen MR) is 94.8 cm³/mol. The normalized spacial score (nSPS) is 10.9. The van der Waals surface area contributed by atoms with Crippen LogP contribution in [0.4, 0.5) is 0 Å². The third-order valence-corrected chi connectivity index (χ3v) is 3.72. The summed E-state index contributed by atoms with van der Waals surface area (Å²) < 4.78 is 2.74. The topological polar surface area (TPSA) is 72.2 Å². The third kappa shape index (κ3) is 4.36. The first kappa shape index (κ1) is 16.1. The van der Waals surface area contributed by atoms with Crippen molar-refractivity contribution in [3.8, 4) is 0 Å². The number of nitrogens with one attached hydrogen (secondary N) is 1. The molecule has 0 bridgehead atoms. The van der Waals surface area contributed by atoms with Crippen molar-refractivity contribution in [3.63, 3.8) is 0 Å². The van der Waals surface area contributed by atoms with E-state index < -0.39 is 0 Å². The standard InChI is InChI=1S/C17H14BrN5O/c18-15-5-3-13(4-6-15)12-23-9-7-16(22-23)17(24)21-20-11-14-2-1-8-19-10-14/h1-11H,12H2,(H,21,24). The smallest absolute Gasteiger partial charge is 0.268 e. The maximum absolute atomic E-state index is 12.0. The lowest BCUT2D eigenvalue weighted by molar-refractivity contribution is 0.0949. The van der Waals surface area contributed by atoms with Gasteiger partial charge in [0.1, 0.15) is 0 Å². The molecule has 0 radical (unpaired) electrons. The molecule has 2 aromatic heterocycles. The van der Waals surface area contributed by atoms with Crippen molar-refractivity contribution >= 4 is 28.1 Å². The van der Waals surface area contributed by atoms with Gasteiger partial charge in [-0.15, -0.1) is 0 Å². The molecule has 0 aliphatic rings. The van der Waals surface area contributed by atoms with Crippen LogP contribution in [0.1, 0.15) is 21.6 Å². The highest BCUT2D eigenvalue weighted by molar-refractivity contribution is 9.10. The molecule has 0 saturated heterocycles. The van der Waals surface area contributed by atoms with Crippen LogP contribution >= 0.6 is 15.9 Å². The molecule has 24 heavy (non-hydrogen) atoms. The quantitative estimate of drug-likeness (QED) is 0.543. The van der Waals surface area contributed by atoms with Crippen molar-refractivity contribution in [1.82, 2.24) is 20.2 Å². The van der Waals surface area contributed by atoms with Gasteiger partial charge in [-0.3, -0.25) is 14.5 Å². The zero-order valence-corrected chi connectivity index (χ0v) is 14.2. The fraction of sp³-hybridized carbons (Fsp3) is 0.0588. The maximum Gasteiger partial charge on any atom is 0.291 e. The Bertz CT molecular complexity index is 843. The Morgan fingerprint density at radius 3 is 2.83 bits per heavy atom. The molecule has 1 amide bonds. The Hall–Kier alpha value is -2.80. The first-order chi connectivity index (χ1) is 11.7. The molecule has 0 fully saturated rings. The van der Waals surface area contributed by atoms with Crippen molar-refractivity contribution in [1.29, 1.82) is 0 Å². The summed E-state index contributed by atoms with van der Waals surface area (Å²) >= 11 is 3.40. The summed E-state index contributed by atoms with van der Waals surface area (Å²) in [5.74, 6) is -0.357. The van der Waals surface area contributed by atoms with Gasteiger partial charge in [0, 0.05) is 28.6 Å². The van der Waals surface area contributed by atoms with Crippen LogP contribution in [0.25, 0.3) is 0 Å². The molecule has 2 heterocycles. The van der Waals surface area contributed by atoms with E-state index in [-0.39, 0.29) is 5.91 Å². The molecule has 1 aromatic carbocycles. The number of hydrazone groups is 1. The van der Waals surface area contributed by atoms with Crippen LogP contribution in [-0.4, -0.2) is 26.9 Å². The summed E-state index contributed by atoms with van der Waals surface area (Å²) in [6, 6.07) is 13.3. The van der Waals surface area contributed by atoms with Crippen LogP contribution in [-0.2, 0) is 6.54 Å². The summed E-state index contributed by atoms with van der Waals surface area (Å²) in [5.41, 5.74) is 4.67. The highest BCUT2D eigenvalue weighted by Crippen LogP contribution is 2.11. The molecule has 120 valence electrons. The van der Waals surface area contributed by atoms with Gasteiger partial charge < -0.3 is 0 Å². The first-order valence-electron chi connectivity index (χ1n) is 7.22. The van der Waals surface area contributed by atoms with Gasteiger partial charge in [0.15, 0.2) is 5.69 Å². The molecule has 3 rings (SSSR count). The Kier molecular flexibility index (Phi) is 5.12. The van der Waals surface area contributed by atoms with Gasteiger partial charge in [-0.1, -0.05) is 34.1 Å². The van der Waals surface area contributed by atoms with Crippen molar-refractivity contribution in [2.24, 2.45) is 5.10 Å². The van der Waals surface area contributed by atoms with Crippen LogP contribution in [0.15, 0.2) is 70.6 Å². The maximum atomic E-state index is 12.0. The van der Waals surface area contributed by atoms with Gasteiger partial charge in [0.25, 0.3) is 5.91 Å². The highest BCUT2D eigenvalue weighted by Gasteiger charge is 2.08. The molecule has 0 unspecified atom stereocenters. The SMILES string of the molecule is O=C(NN=Cc1cccnc1)c1ccn(Cc2ccc(Br)cc2)n1. The number of halogens is 1. The minimum Gasteiger partial charge on any atom is -0.268 e. The van der Waals surface area contributed by atoms with E-state index in [4.69, 9.17) is 0 Å². The number of pyridine rings is 1. The zero-order chi connectivity index (χ0) is 16.8. The third-order valence-electron chi connectivity index (χ3n) is 3.20. The molecule has 0 spiro atoms. The molecule has 0 atom stereocenters. The number of carbonyl (C=O) groups is 1. The Morgan fingerprint density at radius 2 is 2.08 bits per heavy atom.